The van der Waals surface area contributed by atoms with Crippen molar-refractivity contribution in [3.63, 3.8) is 0 Å². The van der Waals surface area contributed by atoms with Crippen LogP contribution in [0, 0.1) is 0 Å². The highest BCUT2D eigenvalue weighted by Crippen LogP contribution is 2.17. The van der Waals surface area contributed by atoms with Crippen molar-refractivity contribution in [3.05, 3.63) is 0 Å². The zero-order chi connectivity index (χ0) is 32.4. The van der Waals surface area contributed by atoms with Crippen molar-refractivity contribution >= 4 is 5.97 Å². The highest BCUT2D eigenvalue weighted by Gasteiger charge is 2.22. The van der Waals surface area contributed by atoms with E-state index in [1.54, 1.807) is 0 Å². The van der Waals surface area contributed by atoms with Crippen LogP contribution in [0.3, 0.4) is 0 Å². The van der Waals surface area contributed by atoms with Crippen LogP contribution in [-0.2, 0) is 9.53 Å². The van der Waals surface area contributed by atoms with Gasteiger partial charge in [-0.05, 0) is 12.8 Å². The molecule has 0 saturated carbocycles. The van der Waals surface area contributed by atoms with E-state index in [1.807, 2.05) is 0 Å². The van der Waals surface area contributed by atoms with Gasteiger partial charge >= 0.3 is 5.97 Å². The Bertz CT molecular complexity index is 579. The first-order valence-electron chi connectivity index (χ1n) is 20.1. The number of likely N-dealkylation sites (N-methyl/N-ethyl adjacent to an activating group) is 1. The van der Waals surface area contributed by atoms with Crippen LogP contribution >= 0.6 is 0 Å². The Hall–Kier alpha value is -0.610. The first kappa shape index (κ1) is 43.4. The average molecular weight is 625 g/mol. The molecule has 0 aliphatic heterocycles. The summed E-state index contributed by atoms with van der Waals surface area (Å²) < 4.78 is 7.35. The van der Waals surface area contributed by atoms with Gasteiger partial charge in [-0.25, -0.2) is 0 Å². The second-order valence-corrected chi connectivity index (χ2v) is 14.8. The van der Waals surface area contributed by atoms with E-state index in [9.17, 15) is 4.79 Å². The van der Waals surface area contributed by atoms with Gasteiger partial charge in [-0.1, -0.05) is 187 Å². The van der Waals surface area contributed by atoms with Crippen LogP contribution < -0.4 is 0 Å². The summed E-state index contributed by atoms with van der Waals surface area (Å²) in [6.07, 6.45) is 41.4. The van der Waals surface area contributed by atoms with Crippen LogP contribution in [0.2, 0.25) is 0 Å². The van der Waals surface area contributed by atoms with Crippen LogP contribution in [0.15, 0.2) is 0 Å². The monoisotopic (exact) mass is 625 g/mol. The average Bonchev–Trinajstić information content (AvgIpc) is 2.98. The molecule has 264 valence electrons. The third kappa shape index (κ3) is 34.3. The first-order valence-corrected chi connectivity index (χ1v) is 20.1. The van der Waals surface area contributed by atoms with E-state index in [4.69, 9.17) is 9.84 Å². The maximum atomic E-state index is 11.0. The van der Waals surface area contributed by atoms with Crippen LogP contribution in [0.4, 0.5) is 0 Å². The molecule has 0 rings (SSSR count). The number of carboxylic acids is 1. The summed E-state index contributed by atoms with van der Waals surface area (Å²) in [4.78, 5) is 11.0. The molecule has 0 aliphatic carbocycles. The number of aliphatic carboxylic acids is 1. The molecule has 0 fully saturated rings. The normalized spacial score (nSPS) is 12.6. The highest BCUT2D eigenvalue weighted by atomic mass is 16.5. The number of carboxylic acid groups (broad SMARTS) is 1. The number of quaternary nitrogens is 1. The molecule has 0 aromatic rings. The van der Waals surface area contributed by atoms with E-state index in [-0.39, 0.29) is 6.42 Å². The number of carbonyl (C=O) groups is 1. The summed E-state index contributed by atoms with van der Waals surface area (Å²) >= 11 is 0. The molecule has 0 saturated heterocycles. The molecule has 1 atom stereocenters. The largest absolute Gasteiger partial charge is 0.481 e. The van der Waals surface area contributed by atoms with Gasteiger partial charge in [0.15, 0.2) is 0 Å². The van der Waals surface area contributed by atoms with Crippen molar-refractivity contribution in [2.45, 2.75) is 219 Å². The van der Waals surface area contributed by atoms with Crippen LogP contribution in [0.5, 0.6) is 0 Å². The number of nitrogens with zero attached hydrogens (tertiary/aromatic N) is 1. The summed E-state index contributed by atoms with van der Waals surface area (Å²) in [5.41, 5.74) is 0. The number of ether oxygens (including phenoxy) is 1. The van der Waals surface area contributed by atoms with E-state index in [0.29, 0.717) is 6.10 Å². The maximum absolute atomic E-state index is 11.0. The van der Waals surface area contributed by atoms with Gasteiger partial charge in [-0.3, -0.25) is 4.79 Å². The molecule has 1 unspecified atom stereocenters. The van der Waals surface area contributed by atoms with E-state index < -0.39 is 5.97 Å². The van der Waals surface area contributed by atoms with E-state index in [2.05, 4.69) is 27.9 Å². The second-order valence-electron chi connectivity index (χ2n) is 14.8. The maximum Gasteiger partial charge on any atom is 0.303 e. The smallest absolute Gasteiger partial charge is 0.303 e. The third-order valence-corrected chi connectivity index (χ3v) is 9.58. The Balaban J connectivity index is 4.01. The van der Waals surface area contributed by atoms with E-state index >= 15 is 0 Å². The summed E-state index contributed by atoms with van der Waals surface area (Å²) in [5, 5.41) is 9.06. The SMILES string of the molecule is CCCCCCCCCCCCCCCCOC(CCCCCCCCCCCCCCCC)C[N+](C)(C)CCCC(=O)O. The molecule has 0 radical (unpaired) electrons. The molecule has 0 spiro atoms. The molecule has 0 amide bonds. The molecule has 0 aromatic heterocycles. The predicted octanol–water partition coefficient (Wildman–Crippen LogP) is 12.7. The van der Waals surface area contributed by atoms with Crippen molar-refractivity contribution in [3.8, 4) is 0 Å². The first-order chi connectivity index (χ1) is 21.4. The number of unbranched alkanes of at least 4 members (excludes halogenated alkanes) is 26. The minimum absolute atomic E-state index is 0.269. The van der Waals surface area contributed by atoms with Crippen LogP contribution in [0.25, 0.3) is 0 Å². The fraction of sp³-hybridized carbons (Fsp3) is 0.975. The molecule has 1 N–H and O–H groups in total. The lowest BCUT2D eigenvalue weighted by atomic mass is 10.0. The third-order valence-electron chi connectivity index (χ3n) is 9.58. The predicted molar refractivity (Wildman–Crippen MR) is 194 cm³/mol. The molecule has 0 aromatic carbocycles. The topological polar surface area (TPSA) is 46.5 Å². The van der Waals surface area contributed by atoms with E-state index in [1.165, 1.54) is 180 Å². The van der Waals surface area contributed by atoms with Crippen molar-refractivity contribution in [1.29, 1.82) is 0 Å². The minimum atomic E-state index is -0.682. The Morgan fingerprint density at radius 3 is 1.23 bits per heavy atom. The molecule has 4 nitrogen and oxygen atoms in total. The molecule has 0 heterocycles. The van der Waals surface area contributed by atoms with Crippen molar-refractivity contribution < 1.29 is 19.1 Å². The van der Waals surface area contributed by atoms with Crippen LogP contribution in [0.1, 0.15) is 213 Å². The van der Waals surface area contributed by atoms with Gasteiger partial charge in [0.05, 0.1) is 27.1 Å². The Morgan fingerprint density at radius 1 is 0.523 bits per heavy atom. The zero-order valence-corrected chi connectivity index (χ0v) is 30.8. The van der Waals surface area contributed by atoms with Gasteiger partial charge in [-0.15, -0.1) is 0 Å². The Labute approximate surface area is 277 Å². The van der Waals surface area contributed by atoms with Gasteiger partial charge in [0.1, 0.15) is 12.6 Å². The lowest BCUT2D eigenvalue weighted by molar-refractivity contribution is -0.893. The minimum Gasteiger partial charge on any atom is -0.481 e. The molecule has 0 aliphatic rings. The molecular formula is C40H82NO3+. The van der Waals surface area contributed by atoms with Crippen molar-refractivity contribution in [2.75, 3.05) is 33.8 Å². The van der Waals surface area contributed by atoms with Gasteiger partial charge in [0.25, 0.3) is 0 Å². The Morgan fingerprint density at radius 2 is 0.864 bits per heavy atom. The second kappa shape index (κ2) is 33.7. The summed E-state index contributed by atoms with van der Waals surface area (Å²) in [6.45, 7) is 7.37. The lowest BCUT2D eigenvalue weighted by Gasteiger charge is -2.33. The van der Waals surface area contributed by atoms with Crippen molar-refractivity contribution in [1.82, 2.24) is 0 Å². The standard InChI is InChI=1S/C40H81NO3/c1-5-7-9-11-13-15-17-19-21-23-25-27-29-31-34-39(38-41(3,4)36-33-35-40(42)43)44-37-32-30-28-26-24-22-20-18-16-14-12-10-8-6-2/h39H,5-38H2,1-4H3/p+1. The van der Waals surface area contributed by atoms with Gasteiger partial charge in [0.2, 0.25) is 0 Å². The number of hydrogen-bond acceptors (Lipinski definition) is 2. The van der Waals surface area contributed by atoms with Gasteiger partial charge in [-0.2, -0.15) is 0 Å². The highest BCUT2D eigenvalue weighted by molar-refractivity contribution is 5.66. The molecule has 44 heavy (non-hydrogen) atoms. The molecular weight excluding hydrogens is 542 g/mol. The zero-order valence-electron chi connectivity index (χ0n) is 30.8. The summed E-state index contributed by atoms with van der Waals surface area (Å²) in [6, 6.07) is 0. The Kier molecular flexibility index (Phi) is 33.3. The summed E-state index contributed by atoms with van der Waals surface area (Å²) in [7, 11) is 4.49. The number of rotatable bonds is 37. The van der Waals surface area contributed by atoms with Gasteiger partial charge in [0, 0.05) is 13.0 Å². The molecule has 0 bridgehead atoms. The fourth-order valence-electron chi connectivity index (χ4n) is 6.64. The van der Waals surface area contributed by atoms with Crippen molar-refractivity contribution in [2.24, 2.45) is 0 Å². The summed E-state index contributed by atoms with van der Waals surface area (Å²) in [5.74, 6) is -0.682. The fourth-order valence-corrected chi connectivity index (χ4v) is 6.64. The van der Waals surface area contributed by atoms with Crippen LogP contribution in [-0.4, -0.2) is 55.5 Å². The van der Waals surface area contributed by atoms with Gasteiger partial charge < -0.3 is 14.3 Å². The van der Waals surface area contributed by atoms with E-state index in [0.717, 1.165) is 37.0 Å². The molecule has 4 heteroatoms. The number of hydrogen-bond donors (Lipinski definition) is 1. The lowest BCUT2D eigenvalue weighted by Crippen LogP contribution is -2.46. The quantitative estimate of drug-likeness (QED) is 0.0552.